The Bertz CT molecular complexity index is 1040. The second-order valence-corrected chi connectivity index (χ2v) is 7.80. The van der Waals surface area contributed by atoms with Crippen LogP contribution < -0.4 is 5.32 Å². The van der Waals surface area contributed by atoms with Gasteiger partial charge in [-0.05, 0) is 35.7 Å². The fourth-order valence-electron chi connectivity index (χ4n) is 3.29. The topological polar surface area (TPSA) is 44.9 Å². The molecule has 0 spiro atoms. The highest BCUT2D eigenvalue weighted by Gasteiger charge is 2.21. The molecule has 0 saturated carbocycles. The van der Waals surface area contributed by atoms with Crippen LogP contribution in [-0.4, -0.2) is 17.4 Å². The van der Waals surface area contributed by atoms with E-state index in [1.54, 1.807) is 11.8 Å². The molecule has 4 aromatic rings. The molecule has 0 saturated heterocycles. The first-order valence-electron chi connectivity index (χ1n) is 9.40. The van der Waals surface area contributed by atoms with Gasteiger partial charge in [0.15, 0.2) is 0 Å². The van der Waals surface area contributed by atoms with Crippen LogP contribution in [0, 0.1) is 0 Å². The lowest BCUT2D eigenvalue weighted by molar-refractivity contribution is -0.120. The molecule has 1 unspecified atom stereocenters. The summed E-state index contributed by atoms with van der Waals surface area (Å²) in [5.74, 6) is 0.0416. The summed E-state index contributed by atoms with van der Waals surface area (Å²) in [6, 6.07) is 28.3. The summed E-state index contributed by atoms with van der Waals surface area (Å²) in [6.07, 6.45) is 2.83. The van der Waals surface area contributed by atoms with Crippen molar-refractivity contribution in [3.05, 3.63) is 102 Å². The van der Waals surface area contributed by atoms with Gasteiger partial charge in [0.05, 0.1) is 0 Å². The fraction of sp³-hybridized carbons (Fsp3) is 0.125. The van der Waals surface area contributed by atoms with E-state index in [0.717, 1.165) is 22.4 Å². The summed E-state index contributed by atoms with van der Waals surface area (Å²) in [7, 11) is 0. The lowest BCUT2D eigenvalue weighted by Gasteiger charge is -2.17. The van der Waals surface area contributed by atoms with Crippen molar-refractivity contribution in [1.29, 1.82) is 0 Å². The van der Waals surface area contributed by atoms with Gasteiger partial charge in [-0.3, -0.25) is 4.79 Å². The van der Waals surface area contributed by atoms with Gasteiger partial charge in [0.2, 0.25) is 5.91 Å². The molecule has 3 aromatic carbocycles. The van der Waals surface area contributed by atoms with Crippen LogP contribution in [0.3, 0.4) is 0 Å². The molecular formula is C24H22N2OS. The number of hydrogen-bond acceptors (Lipinski definition) is 2. The number of nitrogens with one attached hydrogen (secondary N) is 2. The summed E-state index contributed by atoms with van der Waals surface area (Å²) < 4.78 is 0. The third kappa shape index (κ3) is 4.29. The Morgan fingerprint density at radius 2 is 1.57 bits per heavy atom. The first-order chi connectivity index (χ1) is 13.8. The normalized spacial score (nSPS) is 12.0. The predicted molar refractivity (Wildman–Crippen MR) is 116 cm³/mol. The summed E-state index contributed by atoms with van der Waals surface area (Å²) in [6.45, 7) is 0.610. The van der Waals surface area contributed by atoms with Gasteiger partial charge in [0.25, 0.3) is 0 Å². The number of carbonyl (C=O) groups is 1. The third-order valence-corrected chi connectivity index (χ3v) is 5.97. The first-order valence-corrected chi connectivity index (χ1v) is 10.3. The maximum absolute atomic E-state index is 13.0. The average molecular weight is 387 g/mol. The number of hydrogen-bond donors (Lipinski definition) is 2. The lowest BCUT2D eigenvalue weighted by Crippen LogP contribution is -2.29. The maximum Gasteiger partial charge on any atom is 0.238 e. The average Bonchev–Trinajstić information content (AvgIpc) is 3.16. The predicted octanol–water partition coefficient (Wildman–Crippen LogP) is 5.36. The number of amides is 1. The van der Waals surface area contributed by atoms with Crippen molar-refractivity contribution in [1.82, 2.24) is 10.3 Å². The van der Waals surface area contributed by atoms with Crippen LogP contribution in [0.25, 0.3) is 10.9 Å². The van der Waals surface area contributed by atoms with Gasteiger partial charge in [-0.1, -0.05) is 66.7 Å². The summed E-state index contributed by atoms with van der Waals surface area (Å²) in [4.78, 5) is 17.4. The van der Waals surface area contributed by atoms with Gasteiger partial charge < -0.3 is 10.3 Å². The third-order valence-electron chi connectivity index (χ3n) is 4.71. The Labute approximate surface area is 169 Å². The highest BCUT2D eigenvalue weighted by atomic mass is 32.2. The Morgan fingerprint density at radius 3 is 2.36 bits per heavy atom. The molecule has 1 amide bonds. The number of aromatic amines is 1. The first kappa shape index (κ1) is 18.4. The zero-order valence-electron chi connectivity index (χ0n) is 15.5. The monoisotopic (exact) mass is 386 g/mol. The van der Waals surface area contributed by atoms with Crippen LogP contribution >= 0.6 is 11.8 Å². The van der Waals surface area contributed by atoms with Gasteiger partial charge in [-0.25, -0.2) is 0 Å². The van der Waals surface area contributed by atoms with E-state index in [9.17, 15) is 4.79 Å². The van der Waals surface area contributed by atoms with Crippen LogP contribution in [0.15, 0.2) is 96.0 Å². The van der Waals surface area contributed by atoms with Crippen molar-refractivity contribution in [2.45, 2.75) is 16.6 Å². The Balaban J connectivity index is 1.45. The lowest BCUT2D eigenvalue weighted by atomic mass is 10.1. The number of carbonyl (C=O) groups excluding carboxylic acids is 1. The number of para-hydroxylation sites is 1. The van der Waals surface area contributed by atoms with Crippen LogP contribution in [0.2, 0.25) is 0 Å². The molecule has 28 heavy (non-hydrogen) atoms. The Hall–Kier alpha value is -2.98. The molecule has 3 nitrogen and oxygen atoms in total. The number of aromatic nitrogens is 1. The van der Waals surface area contributed by atoms with Crippen LogP contribution in [-0.2, 0) is 11.2 Å². The Morgan fingerprint density at radius 1 is 0.893 bits per heavy atom. The molecule has 2 N–H and O–H groups in total. The molecule has 140 valence electrons. The van der Waals surface area contributed by atoms with Gasteiger partial charge in [0, 0.05) is 28.5 Å². The number of fused-ring (bicyclic) bond motifs is 1. The highest BCUT2D eigenvalue weighted by Crippen LogP contribution is 2.35. The van der Waals surface area contributed by atoms with Crippen molar-refractivity contribution in [2.75, 3.05) is 6.54 Å². The van der Waals surface area contributed by atoms with E-state index in [1.165, 1.54) is 10.9 Å². The summed E-state index contributed by atoms with van der Waals surface area (Å²) in [5, 5.41) is 4.08. The van der Waals surface area contributed by atoms with E-state index in [0.29, 0.717) is 6.54 Å². The van der Waals surface area contributed by atoms with Gasteiger partial charge in [-0.2, -0.15) is 0 Å². The number of thioether (sulfide) groups is 1. The molecule has 4 heteroatoms. The molecule has 0 bridgehead atoms. The van der Waals surface area contributed by atoms with E-state index in [4.69, 9.17) is 0 Å². The van der Waals surface area contributed by atoms with Crippen molar-refractivity contribution >= 4 is 28.6 Å². The largest absolute Gasteiger partial charge is 0.361 e. The van der Waals surface area contributed by atoms with Crippen molar-refractivity contribution in [3.63, 3.8) is 0 Å². The van der Waals surface area contributed by atoms with E-state index in [-0.39, 0.29) is 11.2 Å². The highest BCUT2D eigenvalue weighted by molar-refractivity contribution is 8.00. The molecule has 4 rings (SSSR count). The zero-order chi connectivity index (χ0) is 19.2. The van der Waals surface area contributed by atoms with Crippen molar-refractivity contribution in [3.8, 4) is 0 Å². The smallest absolute Gasteiger partial charge is 0.238 e. The minimum Gasteiger partial charge on any atom is -0.361 e. The van der Waals surface area contributed by atoms with Crippen LogP contribution in [0.4, 0.5) is 0 Å². The van der Waals surface area contributed by atoms with Gasteiger partial charge in [0.1, 0.15) is 5.25 Å². The summed E-state index contributed by atoms with van der Waals surface area (Å²) >= 11 is 1.58. The van der Waals surface area contributed by atoms with E-state index in [1.807, 2.05) is 79.0 Å². The second-order valence-electron chi connectivity index (χ2n) is 6.62. The zero-order valence-corrected chi connectivity index (χ0v) is 16.3. The molecule has 0 fully saturated rings. The van der Waals surface area contributed by atoms with Gasteiger partial charge in [-0.15, -0.1) is 11.8 Å². The Kier molecular flexibility index (Phi) is 5.78. The molecule has 1 atom stereocenters. The van der Waals surface area contributed by atoms with E-state index in [2.05, 4.69) is 22.4 Å². The van der Waals surface area contributed by atoms with E-state index < -0.39 is 0 Å². The van der Waals surface area contributed by atoms with Crippen LogP contribution in [0.1, 0.15) is 16.4 Å². The van der Waals surface area contributed by atoms with Gasteiger partial charge >= 0.3 is 0 Å². The molecule has 1 heterocycles. The fourth-order valence-corrected chi connectivity index (χ4v) is 4.36. The molecule has 0 aliphatic carbocycles. The SMILES string of the molecule is O=C(NCCc1c[nH]c2ccccc12)C(Sc1ccccc1)c1ccccc1. The minimum atomic E-state index is -0.272. The number of benzene rings is 3. The molecule has 0 aliphatic rings. The standard InChI is InChI=1S/C24H22N2OS/c27-24(25-16-15-19-17-26-22-14-8-7-13-21(19)22)23(18-9-3-1-4-10-18)28-20-11-5-2-6-12-20/h1-14,17,23,26H,15-16H2,(H,25,27). The molecule has 0 radical (unpaired) electrons. The molecule has 0 aliphatic heterocycles. The maximum atomic E-state index is 13.0. The van der Waals surface area contributed by atoms with Crippen molar-refractivity contribution < 1.29 is 4.79 Å². The minimum absolute atomic E-state index is 0.0416. The second kappa shape index (κ2) is 8.81. The van der Waals surface area contributed by atoms with Crippen LogP contribution in [0.5, 0.6) is 0 Å². The molecule has 1 aromatic heterocycles. The quantitative estimate of drug-likeness (QED) is 0.420. The van der Waals surface area contributed by atoms with Crippen molar-refractivity contribution in [2.24, 2.45) is 0 Å². The van der Waals surface area contributed by atoms with E-state index >= 15 is 0 Å². The number of H-pyrrole nitrogens is 1. The summed E-state index contributed by atoms with van der Waals surface area (Å²) in [5.41, 5.74) is 3.37. The molecular weight excluding hydrogens is 364 g/mol. The number of rotatable bonds is 7.